The van der Waals surface area contributed by atoms with Crippen LogP contribution in [0.3, 0.4) is 0 Å². The Morgan fingerprint density at radius 1 is 1.32 bits per heavy atom. The van der Waals surface area contributed by atoms with Gasteiger partial charge in [0.05, 0.1) is 0 Å². The van der Waals surface area contributed by atoms with E-state index in [0.29, 0.717) is 5.82 Å². The van der Waals surface area contributed by atoms with E-state index in [1.54, 1.807) is 17.0 Å². The van der Waals surface area contributed by atoms with Gasteiger partial charge in [-0.05, 0) is 33.6 Å². The Bertz CT molecular complexity index is 508. The number of nitrogens with zero attached hydrogens (tertiary/aromatic N) is 3. The zero-order valence-corrected chi connectivity index (χ0v) is 11.8. The first-order valence-corrected chi connectivity index (χ1v) is 6.72. The number of aldehydes is 1. The van der Waals surface area contributed by atoms with Crippen LogP contribution in [0.25, 0.3) is 0 Å². The number of hydrogen-bond acceptors (Lipinski definition) is 4. The highest BCUT2D eigenvalue weighted by Crippen LogP contribution is 2.19. The van der Waals surface area contributed by atoms with Gasteiger partial charge in [-0.2, -0.15) is 0 Å². The maximum atomic E-state index is 12.5. The molecule has 5 heteroatoms. The van der Waals surface area contributed by atoms with Crippen LogP contribution in [0.1, 0.15) is 33.6 Å². The molecule has 2 rings (SSSR count). The molecule has 1 aliphatic rings. The first-order chi connectivity index (χ1) is 8.93. The van der Waals surface area contributed by atoms with Crippen LogP contribution in [0, 0.1) is 5.92 Å². The van der Waals surface area contributed by atoms with Crippen LogP contribution >= 0.6 is 0 Å². The van der Waals surface area contributed by atoms with Crippen molar-refractivity contribution in [2.45, 2.75) is 39.2 Å². The number of hydrogen-bond donors (Lipinski definition) is 0. The number of carbonyl (C=O) groups is 1. The minimum atomic E-state index is -0.254. The van der Waals surface area contributed by atoms with Gasteiger partial charge in [0.1, 0.15) is 6.29 Å². The van der Waals surface area contributed by atoms with Crippen LogP contribution < -0.4 is 10.5 Å². The molecule has 0 saturated carbocycles. The van der Waals surface area contributed by atoms with E-state index in [2.05, 4.69) is 4.98 Å². The van der Waals surface area contributed by atoms with Crippen molar-refractivity contribution in [1.82, 2.24) is 9.55 Å². The first kappa shape index (κ1) is 13.8. The van der Waals surface area contributed by atoms with Crippen molar-refractivity contribution in [2.75, 3.05) is 18.0 Å². The number of anilines is 1. The van der Waals surface area contributed by atoms with Crippen molar-refractivity contribution < 1.29 is 4.79 Å². The lowest BCUT2D eigenvalue weighted by Gasteiger charge is -2.31. The predicted octanol–water partition coefficient (Wildman–Crippen LogP) is 1.41. The average molecular weight is 263 g/mol. The monoisotopic (exact) mass is 263 g/mol. The molecule has 0 aromatic carbocycles. The third-order valence-corrected chi connectivity index (χ3v) is 3.58. The van der Waals surface area contributed by atoms with E-state index in [4.69, 9.17) is 0 Å². The molecule has 104 valence electrons. The summed E-state index contributed by atoms with van der Waals surface area (Å²) in [7, 11) is 0. The standard InChI is InChI=1S/C14H21N3O2/c1-14(2,3)17-9-6-15-12(13(17)19)16-7-4-11(10-18)5-8-16/h6,9-11H,4-5,7-8H2,1-3H3. The van der Waals surface area contributed by atoms with Gasteiger partial charge in [-0.3, -0.25) is 4.79 Å². The normalized spacial score (nSPS) is 17.5. The third kappa shape index (κ3) is 2.85. The van der Waals surface area contributed by atoms with E-state index in [0.717, 1.165) is 32.2 Å². The Hall–Kier alpha value is -1.65. The molecule has 0 spiro atoms. The Balaban J connectivity index is 2.27. The number of aromatic nitrogens is 2. The van der Waals surface area contributed by atoms with E-state index in [-0.39, 0.29) is 17.0 Å². The highest BCUT2D eigenvalue weighted by molar-refractivity contribution is 5.54. The molecule has 0 amide bonds. The highest BCUT2D eigenvalue weighted by atomic mass is 16.1. The van der Waals surface area contributed by atoms with Crippen molar-refractivity contribution in [3.8, 4) is 0 Å². The Kier molecular flexibility index (Phi) is 3.73. The van der Waals surface area contributed by atoms with Gasteiger partial charge in [0.25, 0.3) is 5.56 Å². The van der Waals surface area contributed by atoms with Crippen LogP contribution in [-0.4, -0.2) is 28.9 Å². The van der Waals surface area contributed by atoms with E-state index >= 15 is 0 Å². The molecule has 5 nitrogen and oxygen atoms in total. The van der Waals surface area contributed by atoms with Gasteiger partial charge in [0, 0.05) is 36.9 Å². The first-order valence-electron chi connectivity index (χ1n) is 6.72. The van der Waals surface area contributed by atoms with Crippen LogP contribution in [-0.2, 0) is 10.3 Å². The van der Waals surface area contributed by atoms with Crippen LogP contribution in [0.5, 0.6) is 0 Å². The Morgan fingerprint density at radius 3 is 2.47 bits per heavy atom. The van der Waals surface area contributed by atoms with Crippen molar-refractivity contribution in [3.05, 3.63) is 22.7 Å². The summed E-state index contributed by atoms with van der Waals surface area (Å²) in [6.07, 6.45) is 6.02. The van der Waals surface area contributed by atoms with E-state index < -0.39 is 0 Å². The molecule has 0 radical (unpaired) electrons. The SMILES string of the molecule is CC(C)(C)n1ccnc(N2CCC(C=O)CC2)c1=O. The quantitative estimate of drug-likeness (QED) is 0.757. The van der Waals surface area contributed by atoms with E-state index in [1.807, 2.05) is 25.7 Å². The predicted molar refractivity (Wildman–Crippen MR) is 74.5 cm³/mol. The van der Waals surface area contributed by atoms with Crippen LogP contribution in [0.2, 0.25) is 0 Å². The average Bonchev–Trinajstić information content (AvgIpc) is 2.38. The van der Waals surface area contributed by atoms with Crippen molar-refractivity contribution >= 4 is 12.1 Å². The van der Waals surface area contributed by atoms with E-state index in [1.165, 1.54) is 0 Å². The lowest BCUT2D eigenvalue weighted by atomic mass is 9.99. The van der Waals surface area contributed by atoms with E-state index in [9.17, 15) is 9.59 Å². The molecular formula is C14H21N3O2. The second-order valence-electron chi connectivity index (χ2n) is 6.06. The smallest absolute Gasteiger partial charge is 0.293 e. The summed E-state index contributed by atoms with van der Waals surface area (Å²) >= 11 is 0. The summed E-state index contributed by atoms with van der Waals surface area (Å²) in [6, 6.07) is 0. The summed E-state index contributed by atoms with van der Waals surface area (Å²) < 4.78 is 1.71. The van der Waals surface area contributed by atoms with Gasteiger partial charge in [-0.1, -0.05) is 0 Å². The molecule has 1 saturated heterocycles. The molecule has 0 aliphatic carbocycles. The topological polar surface area (TPSA) is 55.2 Å². The van der Waals surface area contributed by atoms with Gasteiger partial charge in [0.2, 0.25) is 0 Å². The molecule has 2 heterocycles. The highest BCUT2D eigenvalue weighted by Gasteiger charge is 2.24. The molecule has 0 bridgehead atoms. The van der Waals surface area contributed by atoms with Gasteiger partial charge >= 0.3 is 0 Å². The zero-order valence-electron chi connectivity index (χ0n) is 11.8. The molecule has 19 heavy (non-hydrogen) atoms. The molecule has 0 atom stereocenters. The summed E-state index contributed by atoms with van der Waals surface area (Å²) in [4.78, 5) is 29.4. The van der Waals surface area contributed by atoms with Gasteiger partial charge in [0.15, 0.2) is 5.82 Å². The van der Waals surface area contributed by atoms with Crippen LogP contribution in [0.4, 0.5) is 5.82 Å². The molecule has 1 aromatic rings. The second-order valence-corrected chi connectivity index (χ2v) is 6.06. The van der Waals surface area contributed by atoms with Crippen LogP contribution in [0.15, 0.2) is 17.2 Å². The minimum absolute atomic E-state index is 0.0560. The van der Waals surface area contributed by atoms with Crippen molar-refractivity contribution in [2.24, 2.45) is 5.92 Å². The maximum absolute atomic E-state index is 12.5. The summed E-state index contributed by atoms with van der Waals surface area (Å²) in [6.45, 7) is 7.43. The minimum Gasteiger partial charge on any atom is -0.352 e. The van der Waals surface area contributed by atoms with Gasteiger partial charge < -0.3 is 14.3 Å². The fourth-order valence-corrected chi connectivity index (χ4v) is 2.39. The molecular weight excluding hydrogens is 242 g/mol. The van der Waals surface area contributed by atoms with Gasteiger partial charge in [-0.15, -0.1) is 0 Å². The molecule has 1 fully saturated rings. The summed E-state index contributed by atoms with van der Waals surface area (Å²) in [5.74, 6) is 0.631. The number of carbonyl (C=O) groups excluding carboxylic acids is 1. The largest absolute Gasteiger partial charge is 0.352 e. The lowest BCUT2D eigenvalue weighted by molar-refractivity contribution is -0.111. The molecule has 1 aliphatic heterocycles. The fourth-order valence-electron chi connectivity index (χ4n) is 2.39. The fraction of sp³-hybridized carbons (Fsp3) is 0.643. The molecule has 0 N–H and O–H groups in total. The molecule has 0 unspecified atom stereocenters. The summed E-state index contributed by atoms with van der Waals surface area (Å²) in [5.41, 5.74) is -0.310. The third-order valence-electron chi connectivity index (χ3n) is 3.58. The maximum Gasteiger partial charge on any atom is 0.293 e. The Labute approximate surface area is 113 Å². The second kappa shape index (κ2) is 5.15. The Morgan fingerprint density at radius 2 is 1.95 bits per heavy atom. The number of piperidine rings is 1. The zero-order chi connectivity index (χ0) is 14.0. The van der Waals surface area contributed by atoms with Gasteiger partial charge in [-0.25, -0.2) is 4.98 Å². The lowest BCUT2D eigenvalue weighted by Crippen LogP contribution is -2.42. The number of rotatable bonds is 2. The summed E-state index contributed by atoms with van der Waals surface area (Å²) in [5, 5.41) is 0. The van der Waals surface area contributed by atoms with Crippen molar-refractivity contribution in [3.63, 3.8) is 0 Å². The van der Waals surface area contributed by atoms with Crippen molar-refractivity contribution in [1.29, 1.82) is 0 Å². The molecule has 1 aromatic heterocycles.